The number of hydrogen-bond acceptors (Lipinski definition) is 1. The van der Waals surface area contributed by atoms with E-state index in [4.69, 9.17) is 11.6 Å². The molecule has 0 spiro atoms. The van der Waals surface area contributed by atoms with Gasteiger partial charge in [0.25, 0.3) is 0 Å². The molecule has 2 unspecified atom stereocenters. The molecule has 0 amide bonds. The Kier molecular flexibility index (Phi) is 3.66. The minimum absolute atomic E-state index is 0.663. The number of hydrogen-bond donors (Lipinski definition) is 1. The van der Waals surface area contributed by atoms with E-state index in [2.05, 4.69) is 24.4 Å². The Labute approximate surface area is 96.8 Å². The van der Waals surface area contributed by atoms with Gasteiger partial charge < -0.3 is 5.32 Å². The van der Waals surface area contributed by atoms with Crippen LogP contribution in [-0.2, 0) is 6.42 Å². The molecule has 1 aliphatic rings. The molecule has 0 saturated carbocycles. The zero-order valence-corrected chi connectivity index (χ0v) is 9.93. The molecule has 1 nitrogen and oxygen atoms in total. The summed E-state index contributed by atoms with van der Waals surface area (Å²) in [5, 5.41) is 4.41. The molecule has 1 fully saturated rings. The molecule has 1 N–H and O–H groups in total. The van der Waals surface area contributed by atoms with E-state index in [1.807, 2.05) is 12.1 Å². The van der Waals surface area contributed by atoms with Gasteiger partial charge in [0.2, 0.25) is 0 Å². The van der Waals surface area contributed by atoms with Gasteiger partial charge in [-0.2, -0.15) is 0 Å². The van der Waals surface area contributed by atoms with Crippen molar-refractivity contribution in [1.82, 2.24) is 5.32 Å². The maximum absolute atomic E-state index is 5.87. The average Bonchev–Trinajstić information content (AvgIpc) is 2.69. The van der Waals surface area contributed by atoms with E-state index in [9.17, 15) is 0 Å². The Morgan fingerprint density at radius 3 is 2.73 bits per heavy atom. The van der Waals surface area contributed by atoms with Crippen LogP contribution in [0.25, 0.3) is 0 Å². The fourth-order valence-electron chi connectivity index (χ4n) is 2.42. The molecule has 1 aliphatic heterocycles. The predicted molar refractivity (Wildman–Crippen MR) is 65.3 cm³/mol. The lowest BCUT2D eigenvalue weighted by atomic mass is 9.93. The van der Waals surface area contributed by atoms with Crippen LogP contribution in [0, 0.1) is 5.92 Å². The summed E-state index contributed by atoms with van der Waals surface area (Å²) in [5.41, 5.74) is 1.39. The molecule has 2 heteroatoms. The Morgan fingerprint density at radius 1 is 1.33 bits per heavy atom. The van der Waals surface area contributed by atoms with Crippen LogP contribution in [0.15, 0.2) is 24.3 Å². The lowest BCUT2D eigenvalue weighted by Gasteiger charge is -2.17. The summed E-state index contributed by atoms with van der Waals surface area (Å²) in [7, 11) is 0. The monoisotopic (exact) mass is 223 g/mol. The van der Waals surface area contributed by atoms with Gasteiger partial charge in [-0.25, -0.2) is 0 Å². The van der Waals surface area contributed by atoms with Crippen molar-refractivity contribution in [2.45, 2.75) is 32.2 Å². The Balaban J connectivity index is 1.99. The van der Waals surface area contributed by atoms with Crippen molar-refractivity contribution in [1.29, 1.82) is 0 Å². The summed E-state index contributed by atoms with van der Waals surface area (Å²) < 4.78 is 0. The number of nitrogens with one attached hydrogen (secondary N) is 1. The number of benzene rings is 1. The topological polar surface area (TPSA) is 12.0 Å². The molecule has 1 saturated heterocycles. The molecule has 1 heterocycles. The van der Waals surface area contributed by atoms with Gasteiger partial charge in [-0.15, -0.1) is 0 Å². The second kappa shape index (κ2) is 5.00. The van der Waals surface area contributed by atoms with Gasteiger partial charge in [-0.1, -0.05) is 37.1 Å². The van der Waals surface area contributed by atoms with Crippen LogP contribution in [0.5, 0.6) is 0 Å². The van der Waals surface area contributed by atoms with E-state index >= 15 is 0 Å². The maximum Gasteiger partial charge on any atom is 0.0406 e. The third-order valence-electron chi connectivity index (χ3n) is 3.38. The third kappa shape index (κ3) is 2.73. The smallest absolute Gasteiger partial charge is 0.0406 e. The molecule has 0 aliphatic carbocycles. The Bertz CT molecular complexity index is 307. The van der Waals surface area contributed by atoms with Crippen LogP contribution < -0.4 is 5.32 Å². The molecule has 82 valence electrons. The van der Waals surface area contributed by atoms with E-state index in [0.29, 0.717) is 6.04 Å². The highest BCUT2D eigenvalue weighted by molar-refractivity contribution is 6.30. The zero-order chi connectivity index (χ0) is 10.7. The van der Waals surface area contributed by atoms with Crippen molar-refractivity contribution >= 4 is 11.6 Å². The molecule has 0 radical (unpaired) electrons. The minimum Gasteiger partial charge on any atom is -0.313 e. The lowest BCUT2D eigenvalue weighted by Crippen LogP contribution is -2.28. The highest BCUT2D eigenvalue weighted by atomic mass is 35.5. The first-order chi connectivity index (χ1) is 7.29. The fraction of sp³-hybridized carbons (Fsp3) is 0.538. The van der Waals surface area contributed by atoms with Crippen molar-refractivity contribution < 1.29 is 0 Å². The van der Waals surface area contributed by atoms with Crippen LogP contribution in [0.1, 0.15) is 25.3 Å². The van der Waals surface area contributed by atoms with Crippen LogP contribution in [0.2, 0.25) is 5.02 Å². The summed E-state index contributed by atoms with van der Waals surface area (Å²) in [4.78, 5) is 0. The number of rotatable bonds is 3. The Morgan fingerprint density at radius 2 is 2.07 bits per heavy atom. The lowest BCUT2D eigenvalue weighted by molar-refractivity contribution is 0.433. The largest absolute Gasteiger partial charge is 0.313 e. The molecule has 2 atom stereocenters. The van der Waals surface area contributed by atoms with E-state index in [1.165, 1.54) is 24.9 Å². The van der Waals surface area contributed by atoms with Gasteiger partial charge in [0.15, 0.2) is 0 Å². The van der Waals surface area contributed by atoms with Crippen molar-refractivity contribution in [3.8, 4) is 0 Å². The van der Waals surface area contributed by atoms with Gasteiger partial charge in [0.1, 0.15) is 0 Å². The summed E-state index contributed by atoms with van der Waals surface area (Å²) in [6.45, 7) is 3.46. The van der Waals surface area contributed by atoms with Crippen LogP contribution >= 0.6 is 11.6 Å². The molecular weight excluding hydrogens is 206 g/mol. The SMILES string of the molecule is CCC1CCNC1Cc1ccc(Cl)cc1. The Hall–Kier alpha value is -0.530. The van der Waals surface area contributed by atoms with Gasteiger partial charge in [-0.05, 0) is 43.0 Å². The van der Waals surface area contributed by atoms with Crippen LogP contribution in [-0.4, -0.2) is 12.6 Å². The third-order valence-corrected chi connectivity index (χ3v) is 3.64. The maximum atomic E-state index is 5.87. The van der Waals surface area contributed by atoms with E-state index in [1.54, 1.807) is 0 Å². The molecule has 0 aromatic heterocycles. The van der Waals surface area contributed by atoms with Crippen LogP contribution in [0.3, 0.4) is 0 Å². The van der Waals surface area contributed by atoms with Crippen molar-refractivity contribution in [3.05, 3.63) is 34.9 Å². The molecule has 2 rings (SSSR count). The van der Waals surface area contributed by atoms with E-state index < -0.39 is 0 Å². The van der Waals surface area contributed by atoms with Gasteiger partial charge >= 0.3 is 0 Å². The van der Waals surface area contributed by atoms with Crippen molar-refractivity contribution in [2.75, 3.05) is 6.54 Å². The van der Waals surface area contributed by atoms with Crippen molar-refractivity contribution in [2.24, 2.45) is 5.92 Å². The second-order valence-electron chi connectivity index (χ2n) is 4.35. The van der Waals surface area contributed by atoms with E-state index in [-0.39, 0.29) is 0 Å². The zero-order valence-electron chi connectivity index (χ0n) is 9.17. The van der Waals surface area contributed by atoms with Crippen LogP contribution in [0.4, 0.5) is 0 Å². The summed E-state index contributed by atoms with van der Waals surface area (Å²) in [5.74, 6) is 0.848. The highest BCUT2D eigenvalue weighted by Crippen LogP contribution is 2.22. The van der Waals surface area contributed by atoms with E-state index in [0.717, 1.165) is 17.4 Å². The fourth-order valence-corrected chi connectivity index (χ4v) is 2.55. The first kappa shape index (κ1) is 11.0. The standard InChI is InChI=1S/C13H18ClN/c1-2-11-7-8-15-13(11)9-10-3-5-12(14)6-4-10/h3-6,11,13,15H,2,7-9H2,1H3. The number of halogens is 1. The molecular formula is C13H18ClN. The molecule has 1 aromatic carbocycles. The summed E-state index contributed by atoms with van der Waals surface area (Å²) in [6, 6.07) is 8.89. The van der Waals surface area contributed by atoms with Gasteiger partial charge in [0.05, 0.1) is 0 Å². The molecule has 15 heavy (non-hydrogen) atoms. The average molecular weight is 224 g/mol. The molecule has 1 aromatic rings. The summed E-state index contributed by atoms with van der Waals surface area (Å²) in [6.07, 6.45) is 3.75. The second-order valence-corrected chi connectivity index (χ2v) is 4.78. The highest BCUT2D eigenvalue weighted by Gasteiger charge is 2.24. The summed E-state index contributed by atoms with van der Waals surface area (Å²) >= 11 is 5.87. The van der Waals surface area contributed by atoms with Gasteiger partial charge in [-0.3, -0.25) is 0 Å². The van der Waals surface area contributed by atoms with Crippen molar-refractivity contribution in [3.63, 3.8) is 0 Å². The first-order valence-electron chi connectivity index (χ1n) is 5.77. The van der Waals surface area contributed by atoms with Gasteiger partial charge in [0, 0.05) is 11.1 Å². The minimum atomic E-state index is 0.663. The quantitative estimate of drug-likeness (QED) is 0.830. The normalized spacial score (nSPS) is 25.7. The molecule has 0 bridgehead atoms. The predicted octanol–water partition coefficient (Wildman–Crippen LogP) is 3.27. The first-order valence-corrected chi connectivity index (χ1v) is 6.15.